The highest BCUT2D eigenvalue weighted by Gasteiger charge is 2.14. The zero-order valence-corrected chi connectivity index (χ0v) is 12.8. The molecule has 2 aromatic rings. The third-order valence-corrected chi connectivity index (χ3v) is 4.17. The molecule has 112 valence electrons. The molecule has 2 rings (SSSR count). The van der Waals surface area contributed by atoms with E-state index in [0.717, 1.165) is 5.69 Å². The monoisotopic (exact) mass is 305 g/mol. The van der Waals surface area contributed by atoms with Gasteiger partial charge in [-0.1, -0.05) is 32.0 Å². The standard InChI is InChI=1S/C15H19N3O2S/c1-10(2)11-5-3-6-12(9-11)18-13-7-4-8-14(15(13)16)21(17,19)20/h3-10,18H,16H2,1-2H3,(H2,17,19,20). The summed E-state index contributed by atoms with van der Waals surface area (Å²) in [4.78, 5) is -0.0764. The van der Waals surface area contributed by atoms with Gasteiger partial charge in [-0.25, -0.2) is 13.6 Å². The zero-order valence-electron chi connectivity index (χ0n) is 12.0. The molecule has 0 aliphatic heterocycles. The van der Waals surface area contributed by atoms with Gasteiger partial charge < -0.3 is 11.1 Å². The number of hydrogen-bond donors (Lipinski definition) is 3. The van der Waals surface area contributed by atoms with E-state index in [1.165, 1.54) is 11.6 Å². The molecule has 5 N–H and O–H groups in total. The number of nitrogen functional groups attached to an aromatic ring is 1. The molecule has 0 radical (unpaired) electrons. The lowest BCUT2D eigenvalue weighted by atomic mass is 10.0. The van der Waals surface area contributed by atoms with Crippen LogP contribution in [0.25, 0.3) is 0 Å². The second-order valence-electron chi connectivity index (χ2n) is 5.17. The van der Waals surface area contributed by atoms with Gasteiger partial charge in [0.25, 0.3) is 0 Å². The molecular weight excluding hydrogens is 286 g/mol. The SMILES string of the molecule is CC(C)c1cccc(Nc2cccc(S(N)(=O)=O)c2N)c1. The summed E-state index contributed by atoms with van der Waals surface area (Å²) in [5.74, 6) is 0.403. The average Bonchev–Trinajstić information content (AvgIpc) is 2.40. The summed E-state index contributed by atoms with van der Waals surface area (Å²) in [7, 11) is -3.83. The van der Waals surface area contributed by atoms with E-state index in [-0.39, 0.29) is 10.6 Å². The van der Waals surface area contributed by atoms with Crippen LogP contribution in [0.3, 0.4) is 0 Å². The van der Waals surface area contributed by atoms with Crippen molar-refractivity contribution >= 4 is 27.1 Å². The summed E-state index contributed by atoms with van der Waals surface area (Å²) in [6, 6.07) is 12.6. The van der Waals surface area contributed by atoms with Gasteiger partial charge in [0.15, 0.2) is 0 Å². The number of sulfonamides is 1. The van der Waals surface area contributed by atoms with Gasteiger partial charge in [0.05, 0.1) is 11.4 Å². The highest BCUT2D eigenvalue weighted by Crippen LogP contribution is 2.29. The van der Waals surface area contributed by atoms with E-state index in [4.69, 9.17) is 10.9 Å². The Morgan fingerprint density at radius 1 is 1.10 bits per heavy atom. The van der Waals surface area contributed by atoms with Crippen molar-refractivity contribution in [2.24, 2.45) is 5.14 Å². The average molecular weight is 305 g/mol. The van der Waals surface area contributed by atoms with Gasteiger partial charge in [-0.15, -0.1) is 0 Å². The second kappa shape index (κ2) is 5.75. The summed E-state index contributed by atoms with van der Waals surface area (Å²) in [5.41, 5.74) is 8.56. The van der Waals surface area contributed by atoms with Crippen LogP contribution in [-0.2, 0) is 10.0 Å². The first-order valence-electron chi connectivity index (χ1n) is 6.57. The van der Waals surface area contributed by atoms with Gasteiger partial charge in [-0.2, -0.15) is 0 Å². The number of rotatable bonds is 4. The van der Waals surface area contributed by atoms with Crippen LogP contribution < -0.4 is 16.2 Å². The van der Waals surface area contributed by atoms with E-state index in [2.05, 4.69) is 19.2 Å². The first kappa shape index (κ1) is 15.3. The van der Waals surface area contributed by atoms with Gasteiger partial charge >= 0.3 is 0 Å². The summed E-state index contributed by atoms with van der Waals surface area (Å²) >= 11 is 0. The molecule has 5 nitrogen and oxygen atoms in total. The molecule has 0 saturated heterocycles. The summed E-state index contributed by atoms with van der Waals surface area (Å²) in [5, 5.41) is 8.28. The van der Waals surface area contributed by atoms with Crippen LogP contribution in [0.15, 0.2) is 47.4 Å². The van der Waals surface area contributed by atoms with Crippen molar-refractivity contribution in [3.63, 3.8) is 0 Å². The normalized spacial score (nSPS) is 11.6. The van der Waals surface area contributed by atoms with Gasteiger partial charge in [0.1, 0.15) is 4.90 Å². The van der Waals surface area contributed by atoms with Gasteiger partial charge in [-0.3, -0.25) is 0 Å². The Bertz CT molecular complexity index is 755. The fourth-order valence-electron chi connectivity index (χ4n) is 2.03. The van der Waals surface area contributed by atoms with E-state index in [1.807, 2.05) is 24.3 Å². The summed E-state index contributed by atoms with van der Waals surface area (Å²) in [6.07, 6.45) is 0. The van der Waals surface area contributed by atoms with Crippen LogP contribution in [0.1, 0.15) is 25.3 Å². The molecule has 6 heteroatoms. The third kappa shape index (κ3) is 3.53. The number of para-hydroxylation sites is 1. The number of benzene rings is 2. The fraction of sp³-hybridized carbons (Fsp3) is 0.200. The minimum atomic E-state index is -3.83. The second-order valence-corrected chi connectivity index (χ2v) is 6.70. The lowest BCUT2D eigenvalue weighted by Gasteiger charge is -2.13. The number of primary sulfonamides is 1. The van der Waals surface area contributed by atoms with Crippen molar-refractivity contribution in [3.8, 4) is 0 Å². The van der Waals surface area contributed by atoms with Crippen LogP contribution in [0.4, 0.5) is 17.1 Å². The van der Waals surface area contributed by atoms with Gasteiger partial charge in [-0.05, 0) is 35.7 Å². The smallest absolute Gasteiger partial charge is 0.240 e. The highest BCUT2D eigenvalue weighted by molar-refractivity contribution is 7.89. The number of nitrogens with one attached hydrogen (secondary N) is 1. The molecule has 0 aliphatic carbocycles. The Kier molecular flexibility index (Phi) is 4.20. The van der Waals surface area contributed by atoms with Crippen LogP contribution in [-0.4, -0.2) is 8.42 Å². The first-order chi connectivity index (χ1) is 9.79. The maximum absolute atomic E-state index is 11.5. The molecule has 0 heterocycles. The van der Waals surface area contributed by atoms with E-state index in [1.54, 1.807) is 12.1 Å². The molecule has 0 aromatic heterocycles. The van der Waals surface area contributed by atoms with E-state index in [0.29, 0.717) is 11.6 Å². The van der Waals surface area contributed by atoms with E-state index in [9.17, 15) is 8.42 Å². The largest absolute Gasteiger partial charge is 0.396 e. The van der Waals surface area contributed by atoms with Crippen molar-refractivity contribution < 1.29 is 8.42 Å². The van der Waals surface area contributed by atoms with Crippen LogP contribution in [0.5, 0.6) is 0 Å². The Balaban J connectivity index is 2.39. The van der Waals surface area contributed by atoms with Crippen LogP contribution >= 0.6 is 0 Å². The molecular formula is C15H19N3O2S. The summed E-state index contributed by atoms with van der Waals surface area (Å²) < 4.78 is 22.9. The Morgan fingerprint density at radius 2 is 1.76 bits per heavy atom. The summed E-state index contributed by atoms with van der Waals surface area (Å²) in [6.45, 7) is 4.21. The Hall–Kier alpha value is -2.05. The Morgan fingerprint density at radius 3 is 2.38 bits per heavy atom. The zero-order chi connectivity index (χ0) is 15.6. The van der Waals surface area contributed by atoms with E-state index < -0.39 is 10.0 Å². The lowest BCUT2D eigenvalue weighted by molar-refractivity contribution is 0.598. The van der Waals surface area contributed by atoms with E-state index >= 15 is 0 Å². The molecule has 0 saturated carbocycles. The third-order valence-electron chi connectivity index (χ3n) is 3.20. The minimum absolute atomic E-state index is 0.0764. The molecule has 21 heavy (non-hydrogen) atoms. The van der Waals surface area contributed by atoms with Crippen LogP contribution in [0, 0.1) is 0 Å². The number of hydrogen-bond acceptors (Lipinski definition) is 4. The van der Waals surface area contributed by atoms with Crippen molar-refractivity contribution in [1.82, 2.24) is 0 Å². The van der Waals surface area contributed by atoms with Crippen molar-refractivity contribution in [2.75, 3.05) is 11.1 Å². The molecule has 0 aliphatic rings. The molecule has 0 unspecified atom stereocenters. The molecule has 0 atom stereocenters. The first-order valence-corrected chi connectivity index (χ1v) is 8.12. The Labute approximate surface area is 125 Å². The topological polar surface area (TPSA) is 98.2 Å². The fourth-order valence-corrected chi connectivity index (χ4v) is 2.72. The molecule has 2 aromatic carbocycles. The predicted octanol–water partition coefficient (Wildman–Crippen LogP) is 2.78. The number of anilines is 3. The number of nitrogens with two attached hydrogens (primary N) is 2. The molecule has 0 fully saturated rings. The van der Waals surface area contributed by atoms with Crippen LogP contribution in [0.2, 0.25) is 0 Å². The maximum atomic E-state index is 11.5. The van der Waals surface area contributed by atoms with Crippen molar-refractivity contribution in [2.45, 2.75) is 24.7 Å². The van der Waals surface area contributed by atoms with Gasteiger partial charge in [0.2, 0.25) is 10.0 Å². The molecule has 0 amide bonds. The van der Waals surface area contributed by atoms with Crippen molar-refractivity contribution in [1.29, 1.82) is 0 Å². The lowest BCUT2D eigenvalue weighted by Crippen LogP contribution is -2.15. The van der Waals surface area contributed by atoms with Crippen molar-refractivity contribution in [3.05, 3.63) is 48.0 Å². The quantitative estimate of drug-likeness (QED) is 0.756. The predicted molar refractivity (Wildman–Crippen MR) is 86.0 cm³/mol. The minimum Gasteiger partial charge on any atom is -0.396 e. The van der Waals surface area contributed by atoms with Gasteiger partial charge in [0, 0.05) is 5.69 Å². The highest BCUT2D eigenvalue weighted by atomic mass is 32.2. The maximum Gasteiger partial charge on any atom is 0.240 e. The molecule has 0 bridgehead atoms. The molecule has 0 spiro atoms.